The summed E-state index contributed by atoms with van der Waals surface area (Å²) in [7, 11) is 2.06. The first-order valence-corrected chi connectivity index (χ1v) is 9.06. The van der Waals surface area contributed by atoms with Crippen molar-refractivity contribution in [1.29, 1.82) is 0 Å². The fourth-order valence-electron chi connectivity index (χ4n) is 3.29. The third-order valence-electron chi connectivity index (χ3n) is 5.00. The van der Waals surface area contributed by atoms with E-state index in [1.165, 1.54) is 24.3 Å². The van der Waals surface area contributed by atoms with Gasteiger partial charge in [0.25, 0.3) is 5.91 Å². The van der Waals surface area contributed by atoms with E-state index in [0.29, 0.717) is 17.4 Å². The minimum atomic E-state index is -0.364. The number of hydrogen-bond donors (Lipinski definition) is 1. The summed E-state index contributed by atoms with van der Waals surface area (Å²) >= 11 is 0. The standard InChI is InChI=1S/C20H25FN4O.ClH/c1-3-25-13-11-17(12-14-25)24(2)19-6-4-5-18(22-19)23-20(26)15-7-9-16(21)10-8-15;/h4-10,17H,3,11-14H2,1-2H3,(H,22,23,26);1H. The number of carbonyl (C=O) groups excluding carboxylic acids is 1. The molecule has 1 aliphatic heterocycles. The first-order valence-electron chi connectivity index (χ1n) is 9.06. The van der Waals surface area contributed by atoms with Crippen LogP contribution in [0.5, 0.6) is 0 Å². The first-order chi connectivity index (χ1) is 12.6. The fraction of sp³-hybridized carbons (Fsp3) is 0.400. The van der Waals surface area contributed by atoms with E-state index in [0.717, 1.165) is 38.3 Å². The van der Waals surface area contributed by atoms with Crippen molar-refractivity contribution in [1.82, 2.24) is 9.88 Å². The van der Waals surface area contributed by atoms with Crippen LogP contribution in [0.1, 0.15) is 30.1 Å². The Labute approximate surface area is 166 Å². The minimum Gasteiger partial charge on any atom is -0.357 e. The number of rotatable bonds is 5. The molecule has 1 N–H and O–H groups in total. The molecular formula is C20H26ClFN4O. The zero-order valence-electron chi connectivity index (χ0n) is 15.7. The molecule has 2 heterocycles. The Bertz CT molecular complexity index is 748. The predicted molar refractivity (Wildman–Crippen MR) is 109 cm³/mol. The van der Waals surface area contributed by atoms with Crippen LogP contribution in [0.3, 0.4) is 0 Å². The average molecular weight is 393 g/mol. The number of aromatic nitrogens is 1. The van der Waals surface area contributed by atoms with E-state index in [-0.39, 0.29) is 24.1 Å². The number of halogens is 2. The second-order valence-corrected chi connectivity index (χ2v) is 6.62. The van der Waals surface area contributed by atoms with Gasteiger partial charge in [-0.2, -0.15) is 0 Å². The molecule has 0 unspecified atom stereocenters. The third kappa shape index (κ3) is 5.40. The molecule has 1 fully saturated rings. The Hall–Kier alpha value is -2.18. The number of piperidine rings is 1. The van der Waals surface area contributed by atoms with E-state index in [1.54, 1.807) is 6.07 Å². The summed E-state index contributed by atoms with van der Waals surface area (Å²) in [5, 5.41) is 2.78. The second kappa shape index (κ2) is 9.67. The van der Waals surface area contributed by atoms with Crippen molar-refractivity contribution >= 4 is 29.9 Å². The van der Waals surface area contributed by atoms with Crippen molar-refractivity contribution in [2.75, 3.05) is 36.9 Å². The Morgan fingerprint density at radius 2 is 1.89 bits per heavy atom. The highest BCUT2D eigenvalue weighted by molar-refractivity contribution is 6.03. The lowest BCUT2D eigenvalue weighted by atomic mass is 10.0. The highest BCUT2D eigenvalue weighted by Gasteiger charge is 2.22. The Morgan fingerprint density at radius 1 is 1.22 bits per heavy atom. The van der Waals surface area contributed by atoms with E-state index in [2.05, 4.69) is 34.1 Å². The summed E-state index contributed by atoms with van der Waals surface area (Å²) in [4.78, 5) is 21.5. The molecular weight excluding hydrogens is 367 g/mol. The van der Waals surface area contributed by atoms with E-state index in [9.17, 15) is 9.18 Å². The van der Waals surface area contributed by atoms with Gasteiger partial charge in [-0.3, -0.25) is 4.79 Å². The van der Waals surface area contributed by atoms with Crippen LogP contribution in [0.25, 0.3) is 0 Å². The molecule has 0 spiro atoms. The molecule has 27 heavy (non-hydrogen) atoms. The number of likely N-dealkylation sites (tertiary alicyclic amines) is 1. The van der Waals surface area contributed by atoms with Gasteiger partial charge in [-0.25, -0.2) is 9.37 Å². The van der Waals surface area contributed by atoms with Crippen LogP contribution in [0, 0.1) is 5.82 Å². The number of hydrogen-bond acceptors (Lipinski definition) is 4. The largest absolute Gasteiger partial charge is 0.357 e. The van der Waals surface area contributed by atoms with Gasteiger partial charge in [0.1, 0.15) is 17.5 Å². The highest BCUT2D eigenvalue weighted by atomic mass is 35.5. The van der Waals surface area contributed by atoms with E-state index < -0.39 is 0 Å². The monoisotopic (exact) mass is 392 g/mol. The molecule has 1 aliphatic rings. The lowest BCUT2D eigenvalue weighted by Crippen LogP contribution is -2.43. The maximum atomic E-state index is 13.0. The topological polar surface area (TPSA) is 48.5 Å². The molecule has 7 heteroatoms. The summed E-state index contributed by atoms with van der Waals surface area (Å²) < 4.78 is 13.0. The van der Waals surface area contributed by atoms with Crippen LogP contribution in [0.2, 0.25) is 0 Å². The average Bonchev–Trinajstić information content (AvgIpc) is 2.68. The molecule has 1 saturated heterocycles. The number of anilines is 2. The molecule has 0 aliphatic carbocycles. The van der Waals surface area contributed by atoms with Crippen molar-refractivity contribution in [2.24, 2.45) is 0 Å². The summed E-state index contributed by atoms with van der Waals surface area (Å²) in [6, 6.07) is 11.5. The minimum absolute atomic E-state index is 0. The third-order valence-corrected chi connectivity index (χ3v) is 5.00. The Balaban J connectivity index is 0.00000261. The first kappa shape index (κ1) is 21.1. The summed E-state index contributed by atoms with van der Waals surface area (Å²) in [6.07, 6.45) is 2.22. The van der Waals surface area contributed by atoms with Crippen molar-refractivity contribution in [2.45, 2.75) is 25.8 Å². The van der Waals surface area contributed by atoms with Crippen molar-refractivity contribution in [3.05, 3.63) is 53.8 Å². The highest BCUT2D eigenvalue weighted by Crippen LogP contribution is 2.22. The Morgan fingerprint density at radius 3 is 2.52 bits per heavy atom. The predicted octanol–water partition coefficient (Wildman–Crippen LogP) is 3.82. The molecule has 1 aromatic heterocycles. The summed E-state index contributed by atoms with van der Waals surface area (Å²) in [5.74, 6) is 0.678. The second-order valence-electron chi connectivity index (χ2n) is 6.62. The molecule has 0 atom stereocenters. The quantitative estimate of drug-likeness (QED) is 0.840. The van der Waals surface area contributed by atoms with Crippen LogP contribution >= 0.6 is 12.4 Å². The normalized spacial score (nSPS) is 15.1. The van der Waals surface area contributed by atoms with Crippen LogP contribution in [0.4, 0.5) is 16.0 Å². The maximum Gasteiger partial charge on any atom is 0.256 e. The number of pyridine rings is 1. The van der Waals surface area contributed by atoms with Gasteiger partial charge in [0.15, 0.2) is 0 Å². The van der Waals surface area contributed by atoms with Crippen molar-refractivity contribution in [3.63, 3.8) is 0 Å². The molecule has 0 bridgehead atoms. The molecule has 1 amide bonds. The maximum absolute atomic E-state index is 13.0. The van der Waals surface area contributed by atoms with Gasteiger partial charge < -0.3 is 15.1 Å². The van der Waals surface area contributed by atoms with Gasteiger partial charge in [-0.1, -0.05) is 13.0 Å². The van der Waals surface area contributed by atoms with E-state index >= 15 is 0 Å². The zero-order chi connectivity index (χ0) is 18.5. The molecule has 0 saturated carbocycles. The molecule has 1 aromatic carbocycles. The number of carbonyl (C=O) groups is 1. The van der Waals surface area contributed by atoms with Crippen LogP contribution in [0.15, 0.2) is 42.5 Å². The van der Waals surface area contributed by atoms with E-state index in [1.807, 2.05) is 12.1 Å². The van der Waals surface area contributed by atoms with Gasteiger partial charge in [0.05, 0.1) is 0 Å². The zero-order valence-corrected chi connectivity index (χ0v) is 16.5. The van der Waals surface area contributed by atoms with Crippen LogP contribution in [-0.4, -0.2) is 48.5 Å². The number of benzene rings is 1. The summed E-state index contributed by atoms with van der Waals surface area (Å²) in [5.41, 5.74) is 0.402. The molecule has 146 valence electrons. The van der Waals surface area contributed by atoms with Crippen molar-refractivity contribution in [3.8, 4) is 0 Å². The van der Waals surface area contributed by atoms with Gasteiger partial charge in [0.2, 0.25) is 0 Å². The number of amides is 1. The smallest absolute Gasteiger partial charge is 0.256 e. The number of nitrogens with zero attached hydrogens (tertiary/aromatic N) is 3. The lowest BCUT2D eigenvalue weighted by Gasteiger charge is -2.36. The fourth-order valence-corrected chi connectivity index (χ4v) is 3.29. The molecule has 3 rings (SSSR count). The van der Waals surface area contributed by atoms with E-state index in [4.69, 9.17) is 0 Å². The van der Waals surface area contributed by atoms with Gasteiger partial charge in [0, 0.05) is 31.7 Å². The molecule has 5 nitrogen and oxygen atoms in total. The molecule has 0 radical (unpaired) electrons. The van der Waals surface area contributed by atoms with Gasteiger partial charge in [-0.05, 0) is 55.8 Å². The van der Waals surface area contributed by atoms with Crippen LogP contribution in [-0.2, 0) is 0 Å². The SMILES string of the molecule is CCN1CCC(N(C)c2cccc(NC(=O)c3ccc(F)cc3)n2)CC1.Cl. The van der Waals surface area contributed by atoms with Crippen molar-refractivity contribution < 1.29 is 9.18 Å². The molecule has 2 aromatic rings. The lowest BCUT2D eigenvalue weighted by molar-refractivity contribution is 0.102. The summed E-state index contributed by atoms with van der Waals surface area (Å²) in [6.45, 7) is 5.50. The van der Waals surface area contributed by atoms with Gasteiger partial charge >= 0.3 is 0 Å². The van der Waals surface area contributed by atoms with Crippen LogP contribution < -0.4 is 10.2 Å². The van der Waals surface area contributed by atoms with Gasteiger partial charge in [-0.15, -0.1) is 12.4 Å². The number of nitrogens with one attached hydrogen (secondary N) is 1. The Kier molecular flexibility index (Phi) is 7.56.